The number of anilines is 1. The number of carbonyl (C=O) groups is 1. The first-order chi connectivity index (χ1) is 10.1. The van der Waals surface area contributed by atoms with Crippen molar-refractivity contribution in [1.82, 2.24) is 5.16 Å². The average Bonchev–Trinajstić information content (AvgIpc) is 2.86. The monoisotopic (exact) mass is 282 g/mol. The second kappa shape index (κ2) is 5.28. The molecule has 21 heavy (non-hydrogen) atoms. The van der Waals surface area contributed by atoms with Crippen molar-refractivity contribution in [2.24, 2.45) is 0 Å². The zero-order valence-electron chi connectivity index (χ0n) is 11.5. The molecule has 0 saturated heterocycles. The summed E-state index contributed by atoms with van der Waals surface area (Å²) in [6.07, 6.45) is 0.136. The van der Waals surface area contributed by atoms with Crippen LogP contribution in [-0.4, -0.2) is 16.2 Å². The topological polar surface area (TPSA) is 75.4 Å². The molecule has 0 unspecified atom stereocenters. The Kier molecular flexibility index (Phi) is 3.31. The number of hydrogen-bond donors (Lipinski definition) is 2. The van der Waals surface area contributed by atoms with E-state index >= 15 is 0 Å². The molecule has 3 aromatic rings. The molecule has 2 N–H and O–H groups in total. The van der Waals surface area contributed by atoms with Crippen LogP contribution in [0.1, 0.15) is 11.3 Å². The number of aromatic nitrogens is 1. The highest BCUT2D eigenvalue weighted by Crippen LogP contribution is 2.21. The van der Waals surface area contributed by atoms with Crippen molar-refractivity contribution in [2.45, 2.75) is 13.3 Å². The summed E-state index contributed by atoms with van der Waals surface area (Å²) in [5.74, 6) is 0.0228. The number of hydrogen-bond acceptors (Lipinski definition) is 4. The minimum absolute atomic E-state index is 0.136. The van der Waals surface area contributed by atoms with Crippen molar-refractivity contribution in [2.75, 3.05) is 5.32 Å². The number of rotatable bonds is 3. The number of phenolic OH excluding ortho intramolecular Hbond substituents is 1. The Balaban J connectivity index is 1.75. The summed E-state index contributed by atoms with van der Waals surface area (Å²) < 4.78 is 5.17. The lowest BCUT2D eigenvalue weighted by Gasteiger charge is -2.06. The highest BCUT2D eigenvalue weighted by molar-refractivity contribution is 5.94. The molecule has 0 aliphatic heterocycles. The second-order valence-electron chi connectivity index (χ2n) is 4.85. The van der Waals surface area contributed by atoms with Gasteiger partial charge in [-0.15, -0.1) is 0 Å². The Hall–Kier alpha value is -2.82. The third kappa shape index (κ3) is 2.72. The highest BCUT2D eigenvalue weighted by atomic mass is 16.5. The van der Waals surface area contributed by atoms with E-state index in [9.17, 15) is 9.90 Å². The smallest absolute Gasteiger partial charge is 0.230 e. The summed E-state index contributed by atoms with van der Waals surface area (Å²) >= 11 is 0. The molecule has 1 amide bonds. The first-order valence-electron chi connectivity index (χ1n) is 6.56. The van der Waals surface area contributed by atoms with Gasteiger partial charge in [-0.2, -0.15) is 0 Å². The molecule has 0 radical (unpaired) electrons. The van der Waals surface area contributed by atoms with E-state index in [0.29, 0.717) is 22.5 Å². The van der Waals surface area contributed by atoms with Gasteiger partial charge in [0, 0.05) is 11.1 Å². The number of phenols is 1. The van der Waals surface area contributed by atoms with E-state index in [-0.39, 0.29) is 18.1 Å². The van der Waals surface area contributed by atoms with Crippen molar-refractivity contribution >= 4 is 22.6 Å². The summed E-state index contributed by atoms with van der Waals surface area (Å²) in [6.45, 7) is 1.77. The van der Waals surface area contributed by atoms with Crippen LogP contribution in [0.2, 0.25) is 0 Å². The molecule has 106 valence electrons. The lowest BCUT2D eigenvalue weighted by Crippen LogP contribution is -2.14. The number of fused-ring (bicyclic) bond motifs is 1. The van der Waals surface area contributed by atoms with Gasteiger partial charge in [0.15, 0.2) is 5.58 Å². The molecule has 0 aliphatic carbocycles. The minimum Gasteiger partial charge on any atom is -0.508 e. The number of amides is 1. The molecule has 0 spiro atoms. The van der Waals surface area contributed by atoms with Crippen molar-refractivity contribution in [3.8, 4) is 5.75 Å². The minimum atomic E-state index is -0.181. The standard InChI is InChI=1S/C16H14N2O3/c1-10-8-11(6-7-14(10)19)17-16(20)9-13-12-4-2-3-5-15(12)21-18-13/h2-8,19H,9H2,1H3,(H,17,20). The molecule has 0 atom stereocenters. The number of nitrogens with zero attached hydrogens (tertiary/aromatic N) is 1. The Morgan fingerprint density at radius 1 is 1.29 bits per heavy atom. The maximum absolute atomic E-state index is 12.1. The van der Waals surface area contributed by atoms with Gasteiger partial charge in [0.1, 0.15) is 11.4 Å². The Bertz CT molecular complexity index is 808. The van der Waals surface area contributed by atoms with E-state index in [4.69, 9.17) is 4.52 Å². The van der Waals surface area contributed by atoms with Crippen LogP contribution in [0.3, 0.4) is 0 Å². The fourth-order valence-corrected chi connectivity index (χ4v) is 2.16. The third-order valence-corrected chi connectivity index (χ3v) is 3.26. The van der Waals surface area contributed by atoms with E-state index in [0.717, 1.165) is 5.39 Å². The predicted octanol–water partition coefficient (Wildman–Crippen LogP) is 3.02. The van der Waals surface area contributed by atoms with Gasteiger partial charge in [-0.1, -0.05) is 17.3 Å². The first-order valence-corrected chi connectivity index (χ1v) is 6.56. The Morgan fingerprint density at radius 2 is 2.10 bits per heavy atom. The molecular formula is C16H14N2O3. The lowest BCUT2D eigenvalue weighted by molar-refractivity contribution is -0.115. The summed E-state index contributed by atoms with van der Waals surface area (Å²) in [7, 11) is 0. The SMILES string of the molecule is Cc1cc(NC(=O)Cc2noc3ccccc23)ccc1O. The van der Waals surface area contributed by atoms with Crippen LogP contribution in [0.4, 0.5) is 5.69 Å². The molecular weight excluding hydrogens is 268 g/mol. The zero-order chi connectivity index (χ0) is 14.8. The quantitative estimate of drug-likeness (QED) is 0.724. The molecule has 0 aliphatic rings. The molecule has 3 rings (SSSR count). The van der Waals surface area contributed by atoms with Crippen molar-refractivity contribution in [3.63, 3.8) is 0 Å². The Labute approximate surface area is 121 Å². The first kappa shape index (κ1) is 13.2. The average molecular weight is 282 g/mol. The Morgan fingerprint density at radius 3 is 2.90 bits per heavy atom. The molecule has 2 aromatic carbocycles. The number of aryl methyl sites for hydroxylation is 1. The normalized spacial score (nSPS) is 10.7. The summed E-state index contributed by atoms with van der Waals surface area (Å²) in [5, 5.41) is 17.0. The van der Waals surface area contributed by atoms with E-state index in [1.54, 1.807) is 25.1 Å². The van der Waals surface area contributed by atoms with Gasteiger partial charge in [-0.3, -0.25) is 4.79 Å². The van der Waals surface area contributed by atoms with Gasteiger partial charge in [0.25, 0.3) is 0 Å². The molecule has 1 heterocycles. The van der Waals surface area contributed by atoms with Crippen LogP contribution in [0, 0.1) is 6.92 Å². The maximum atomic E-state index is 12.1. The van der Waals surface area contributed by atoms with Crippen LogP contribution < -0.4 is 5.32 Å². The zero-order valence-corrected chi connectivity index (χ0v) is 11.5. The summed E-state index contributed by atoms with van der Waals surface area (Å²) in [5.41, 5.74) is 2.63. The van der Waals surface area contributed by atoms with E-state index in [2.05, 4.69) is 10.5 Å². The molecule has 0 bridgehead atoms. The molecule has 5 nitrogen and oxygen atoms in total. The number of benzene rings is 2. The van der Waals surface area contributed by atoms with Crippen LogP contribution >= 0.6 is 0 Å². The van der Waals surface area contributed by atoms with Gasteiger partial charge in [0.2, 0.25) is 5.91 Å². The largest absolute Gasteiger partial charge is 0.508 e. The summed E-state index contributed by atoms with van der Waals surface area (Å²) in [6, 6.07) is 12.3. The van der Waals surface area contributed by atoms with E-state index in [1.165, 1.54) is 0 Å². The van der Waals surface area contributed by atoms with E-state index in [1.807, 2.05) is 24.3 Å². The second-order valence-corrected chi connectivity index (χ2v) is 4.85. The fraction of sp³-hybridized carbons (Fsp3) is 0.125. The van der Waals surface area contributed by atoms with Crippen LogP contribution in [-0.2, 0) is 11.2 Å². The summed E-state index contributed by atoms with van der Waals surface area (Å²) in [4.78, 5) is 12.1. The number of aromatic hydroxyl groups is 1. The van der Waals surface area contributed by atoms with Gasteiger partial charge < -0.3 is 14.9 Å². The van der Waals surface area contributed by atoms with Gasteiger partial charge in [0.05, 0.1) is 6.42 Å². The molecule has 1 aromatic heterocycles. The number of para-hydroxylation sites is 1. The van der Waals surface area contributed by atoms with Gasteiger partial charge in [-0.25, -0.2) is 0 Å². The molecule has 0 fully saturated rings. The van der Waals surface area contributed by atoms with Crippen LogP contribution in [0.5, 0.6) is 5.75 Å². The van der Waals surface area contributed by atoms with E-state index < -0.39 is 0 Å². The number of nitrogens with one attached hydrogen (secondary N) is 1. The van der Waals surface area contributed by atoms with Crippen LogP contribution in [0.25, 0.3) is 11.0 Å². The number of carbonyl (C=O) groups excluding carboxylic acids is 1. The predicted molar refractivity (Wildman–Crippen MR) is 79.2 cm³/mol. The fourth-order valence-electron chi connectivity index (χ4n) is 2.16. The van der Waals surface area contributed by atoms with Crippen molar-refractivity contribution in [3.05, 3.63) is 53.7 Å². The van der Waals surface area contributed by atoms with Crippen molar-refractivity contribution < 1.29 is 14.4 Å². The molecule has 5 heteroatoms. The van der Waals surface area contributed by atoms with Gasteiger partial charge >= 0.3 is 0 Å². The van der Waals surface area contributed by atoms with Crippen LogP contribution in [0.15, 0.2) is 47.0 Å². The van der Waals surface area contributed by atoms with Crippen molar-refractivity contribution in [1.29, 1.82) is 0 Å². The highest BCUT2D eigenvalue weighted by Gasteiger charge is 2.12. The third-order valence-electron chi connectivity index (χ3n) is 3.26. The maximum Gasteiger partial charge on any atom is 0.230 e. The van der Waals surface area contributed by atoms with Gasteiger partial charge in [-0.05, 0) is 42.8 Å². The lowest BCUT2D eigenvalue weighted by atomic mass is 10.1. The molecule has 0 saturated carbocycles.